The molecule has 0 aliphatic rings. The summed E-state index contributed by atoms with van der Waals surface area (Å²) in [4.78, 5) is 0. The molecule has 0 aliphatic heterocycles. The largest absolute Gasteiger partial charge is 0.0693 e. The minimum absolute atomic E-state index is 0.00145. The van der Waals surface area contributed by atoms with E-state index in [1.807, 2.05) is 0 Å². The van der Waals surface area contributed by atoms with Gasteiger partial charge in [0.1, 0.15) is 0 Å². The first-order valence-electron chi connectivity index (χ1n) is 20.5. The number of hydrogen-bond acceptors (Lipinski definition) is 0. The topological polar surface area (TPSA) is 0 Å². The lowest BCUT2D eigenvalue weighted by atomic mass is 9.33. The lowest BCUT2D eigenvalue weighted by Gasteiger charge is -2.73. The van der Waals surface area contributed by atoms with Crippen LogP contribution in [0, 0.1) is 61.1 Å². The van der Waals surface area contributed by atoms with E-state index >= 15 is 0 Å². The van der Waals surface area contributed by atoms with Crippen LogP contribution in [0.15, 0.2) is 24.3 Å². The smallest absolute Gasteiger partial charge is 0.0585 e. The molecule has 0 aromatic heterocycles. The standard InChI is InChI=1S/C48H94Si2/c1-30-38(3,4)39(5,6)40(7,8)41(9,10)42(11,12)43(13,14)44(15,16)45(17,18)46(19,20)47(21,22)48(23,24)50(28,29)37(49(25,26)27)36-33-31-32-35(2)34-36/h31-34,37H,30H2,1-29H3. The van der Waals surface area contributed by atoms with Gasteiger partial charge in [-0.1, -0.05) is 228 Å². The summed E-state index contributed by atoms with van der Waals surface area (Å²) in [5.74, 6) is 0. The van der Waals surface area contributed by atoms with E-state index in [2.05, 4.69) is 223 Å². The predicted molar refractivity (Wildman–Crippen MR) is 237 cm³/mol. The second-order valence-corrected chi connectivity index (χ2v) is 36.1. The van der Waals surface area contributed by atoms with Crippen LogP contribution in [0.2, 0.25) is 37.8 Å². The lowest BCUT2D eigenvalue weighted by Crippen LogP contribution is -2.67. The number of rotatable bonds is 15. The minimum Gasteiger partial charge on any atom is -0.0693 e. The van der Waals surface area contributed by atoms with Crippen LogP contribution in [0.4, 0.5) is 0 Å². The maximum absolute atomic E-state index is 2.76. The summed E-state index contributed by atoms with van der Waals surface area (Å²) in [5.41, 5.74) is 3.57. The fourth-order valence-electron chi connectivity index (χ4n) is 11.6. The van der Waals surface area contributed by atoms with E-state index in [1.54, 1.807) is 5.56 Å². The zero-order valence-electron chi connectivity index (χ0n) is 40.1. The normalized spacial score (nSPS) is 16.9. The van der Waals surface area contributed by atoms with Crippen LogP contribution in [0.3, 0.4) is 0 Å². The van der Waals surface area contributed by atoms with Crippen LogP contribution in [0.25, 0.3) is 0 Å². The number of benzene rings is 1. The zero-order valence-corrected chi connectivity index (χ0v) is 42.1. The highest BCUT2D eigenvalue weighted by Crippen LogP contribution is 2.76. The molecular weight excluding hydrogens is 633 g/mol. The van der Waals surface area contributed by atoms with Gasteiger partial charge in [-0.2, -0.15) is 0 Å². The first-order chi connectivity index (χ1) is 21.4. The van der Waals surface area contributed by atoms with E-state index in [0.717, 1.165) is 0 Å². The van der Waals surface area contributed by atoms with Crippen LogP contribution in [0.1, 0.15) is 182 Å². The van der Waals surface area contributed by atoms with Crippen molar-refractivity contribution in [3.05, 3.63) is 35.4 Å². The first-order valence-corrected chi connectivity index (χ1v) is 27.2. The molecule has 0 radical (unpaired) electrons. The highest BCUT2D eigenvalue weighted by molar-refractivity contribution is 6.98. The molecule has 0 heterocycles. The predicted octanol–water partition coefficient (Wildman–Crippen LogP) is 16.7. The van der Waals surface area contributed by atoms with Crippen LogP contribution < -0.4 is 0 Å². The highest BCUT2D eigenvalue weighted by Gasteiger charge is 2.70. The van der Waals surface area contributed by atoms with Crippen molar-refractivity contribution in [3.63, 3.8) is 0 Å². The third-order valence-corrected chi connectivity index (χ3v) is 33.7. The molecule has 1 rings (SSSR count). The molecule has 50 heavy (non-hydrogen) atoms. The van der Waals surface area contributed by atoms with Crippen molar-refractivity contribution in [3.8, 4) is 0 Å². The van der Waals surface area contributed by atoms with Gasteiger partial charge in [-0.15, -0.1) is 0 Å². The van der Waals surface area contributed by atoms with E-state index in [1.165, 1.54) is 12.0 Å². The average molecular weight is 727 g/mol. The third-order valence-electron chi connectivity index (χ3n) is 21.2. The van der Waals surface area contributed by atoms with E-state index in [9.17, 15) is 0 Å². The first kappa shape index (κ1) is 47.7. The molecule has 0 N–H and O–H groups in total. The Labute approximate surface area is 320 Å². The van der Waals surface area contributed by atoms with Crippen LogP contribution in [-0.2, 0) is 0 Å². The summed E-state index contributed by atoms with van der Waals surface area (Å²) < 4.78 is 0. The Kier molecular flexibility index (Phi) is 12.5. The Hall–Kier alpha value is -0.346. The number of aryl methyl sites for hydroxylation is 1. The Bertz CT molecular complexity index is 1330. The fraction of sp³-hybridized carbons (Fsp3) is 0.875. The number of hydrogen-bond donors (Lipinski definition) is 0. The van der Waals surface area contributed by atoms with Gasteiger partial charge in [0.25, 0.3) is 0 Å². The van der Waals surface area contributed by atoms with Gasteiger partial charge in [0.2, 0.25) is 0 Å². The summed E-state index contributed by atoms with van der Waals surface area (Å²) in [6.07, 6.45) is 1.18. The third kappa shape index (κ3) is 6.37. The van der Waals surface area contributed by atoms with Crippen molar-refractivity contribution in [2.24, 2.45) is 54.1 Å². The molecule has 0 bridgehead atoms. The van der Waals surface area contributed by atoms with Gasteiger partial charge in [0.05, 0.1) is 8.07 Å². The van der Waals surface area contributed by atoms with Crippen LogP contribution >= 0.6 is 0 Å². The molecule has 1 unspecified atom stereocenters. The molecule has 0 spiro atoms. The molecule has 0 aliphatic carbocycles. The molecule has 1 aromatic carbocycles. The quantitative estimate of drug-likeness (QED) is 0.158. The van der Waals surface area contributed by atoms with Gasteiger partial charge < -0.3 is 0 Å². The monoisotopic (exact) mass is 727 g/mol. The molecule has 0 nitrogen and oxygen atoms in total. The molecule has 0 fully saturated rings. The van der Waals surface area contributed by atoms with Crippen molar-refractivity contribution in [2.45, 2.75) is 216 Å². The second kappa shape index (κ2) is 13.2. The summed E-state index contributed by atoms with van der Waals surface area (Å²) in [5, 5.41) is 0.826. The van der Waals surface area contributed by atoms with Gasteiger partial charge in [-0.05, 0) is 76.8 Å². The van der Waals surface area contributed by atoms with E-state index in [-0.39, 0.29) is 59.2 Å². The Morgan fingerprint density at radius 3 is 1.04 bits per heavy atom. The summed E-state index contributed by atoms with van der Waals surface area (Å²) in [6.45, 7) is 75.7. The van der Waals surface area contributed by atoms with Gasteiger partial charge >= 0.3 is 0 Å². The van der Waals surface area contributed by atoms with E-state index in [4.69, 9.17) is 0 Å². The van der Waals surface area contributed by atoms with E-state index in [0.29, 0.717) is 5.16 Å². The van der Waals surface area contributed by atoms with Gasteiger partial charge in [0.15, 0.2) is 0 Å². The SMILES string of the molecule is CCC(C)(C)C(C)(C)C(C)(C)C(C)(C)C(C)(C)C(C)(C)C(C)(C)C(C)(C)C(C)(C)C(C)(C)C(C)(C)[Si](C)(C)C(c1cccc(C)c1)[Si](C)(C)C. The Balaban J connectivity index is 4.03. The van der Waals surface area contributed by atoms with Gasteiger partial charge in [-0.3, -0.25) is 0 Å². The second-order valence-electron chi connectivity index (χ2n) is 24.9. The average Bonchev–Trinajstić information content (AvgIpc) is 2.90. The van der Waals surface area contributed by atoms with Crippen molar-refractivity contribution in [1.29, 1.82) is 0 Å². The lowest BCUT2D eigenvalue weighted by molar-refractivity contribution is -0.234. The maximum Gasteiger partial charge on any atom is 0.0585 e. The maximum atomic E-state index is 2.76. The Morgan fingerprint density at radius 1 is 0.460 bits per heavy atom. The molecule has 294 valence electrons. The molecule has 0 saturated heterocycles. The molecule has 1 atom stereocenters. The zero-order chi connectivity index (χ0) is 40.8. The fourth-order valence-corrected chi connectivity index (χ4v) is 26.1. The van der Waals surface area contributed by atoms with Crippen LogP contribution in [-0.4, -0.2) is 16.1 Å². The molecule has 0 saturated carbocycles. The summed E-state index contributed by atoms with van der Waals surface area (Å²) >= 11 is 0. The van der Waals surface area contributed by atoms with Crippen LogP contribution in [0.5, 0.6) is 0 Å². The Morgan fingerprint density at radius 2 is 0.760 bits per heavy atom. The van der Waals surface area contributed by atoms with Gasteiger partial charge in [0, 0.05) is 8.07 Å². The van der Waals surface area contributed by atoms with Crippen molar-refractivity contribution >= 4 is 16.1 Å². The van der Waals surface area contributed by atoms with Crippen molar-refractivity contribution in [1.82, 2.24) is 0 Å². The molecule has 1 aromatic rings. The summed E-state index contributed by atoms with van der Waals surface area (Å²) in [6, 6.07) is 9.57. The molecule has 0 amide bonds. The summed E-state index contributed by atoms with van der Waals surface area (Å²) in [7, 11) is -3.54. The van der Waals surface area contributed by atoms with Gasteiger partial charge in [-0.25, -0.2) is 0 Å². The van der Waals surface area contributed by atoms with Crippen molar-refractivity contribution < 1.29 is 0 Å². The minimum atomic E-state index is -1.96. The molecular formula is C48H94Si2. The van der Waals surface area contributed by atoms with Crippen molar-refractivity contribution in [2.75, 3.05) is 0 Å². The van der Waals surface area contributed by atoms with E-state index < -0.39 is 16.1 Å². The highest BCUT2D eigenvalue weighted by atomic mass is 28.4. The molecule has 2 heteroatoms.